The Morgan fingerprint density at radius 1 is 1.42 bits per heavy atom. The van der Waals surface area contributed by atoms with Gasteiger partial charge in [-0.3, -0.25) is 4.90 Å². The maximum absolute atomic E-state index is 11.0. The summed E-state index contributed by atoms with van der Waals surface area (Å²) < 4.78 is 0. The second-order valence-corrected chi connectivity index (χ2v) is 3.07. The lowest BCUT2D eigenvalue weighted by Gasteiger charge is -2.31. The second-order valence-electron chi connectivity index (χ2n) is 3.07. The van der Waals surface area contributed by atoms with Crippen molar-refractivity contribution >= 4 is 5.97 Å². The molecule has 0 radical (unpaired) electrons. The Labute approximate surface area is 72.0 Å². The van der Waals surface area contributed by atoms with E-state index in [1.165, 1.54) is 0 Å². The van der Waals surface area contributed by atoms with Crippen molar-refractivity contribution in [1.82, 2.24) is 4.90 Å². The molecular formula is C9H13NO2. The molecule has 1 aliphatic carbocycles. The van der Waals surface area contributed by atoms with E-state index in [9.17, 15) is 4.79 Å². The van der Waals surface area contributed by atoms with E-state index >= 15 is 0 Å². The van der Waals surface area contributed by atoms with E-state index in [4.69, 9.17) is 5.11 Å². The van der Waals surface area contributed by atoms with Crippen molar-refractivity contribution in [2.75, 3.05) is 14.1 Å². The Hall–Kier alpha value is -1.09. The van der Waals surface area contributed by atoms with Crippen LogP contribution in [0.15, 0.2) is 24.3 Å². The first kappa shape index (κ1) is 9.00. The first-order valence-corrected chi connectivity index (χ1v) is 3.86. The van der Waals surface area contributed by atoms with Gasteiger partial charge in [-0.05, 0) is 20.5 Å². The average Bonchev–Trinajstić information content (AvgIpc) is 2.05. The van der Waals surface area contributed by atoms with Gasteiger partial charge in [0.1, 0.15) is 0 Å². The third-order valence-electron chi connectivity index (χ3n) is 2.10. The predicted molar refractivity (Wildman–Crippen MR) is 47.0 cm³/mol. The highest BCUT2D eigenvalue weighted by atomic mass is 16.4. The van der Waals surface area contributed by atoms with E-state index in [-0.39, 0.29) is 0 Å². The molecule has 0 saturated heterocycles. The van der Waals surface area contributed by atoms with Crippen LogP contribution in [0.4, 0.5) is 0 Å². The number of rotatable bonds is 2. The van der Waals surface area contributed by atoms with Crippen LogP contribution in [0.1, 0.15) is 6.42 Å². The summed E-state index contributed by atoms with van der Waals surface area (Å²) in [6.45, 7) is 0. The molecule has 0 spiro atoms. The van der Waals surface area contributed by atoms with Crippen molar-refractivity contribution in [3.05, 3.63) is 24.3 Å². The molecular weight excluding hydrogens is 154 g/mol. The molecule has 0 amide bonds. The first-order valence-electron chi connectivity index (χ1n) is 3.86. The number of nitrogens with zero attached hydrogens (tertiary/aromatic N) is 1. The van der Waals surface area contributed by atoms with E-state index < -0.39 is 11.5 Å². The number of hydrogen-bond acceptors (Lipinski definition) is 2. The zero-order chi connectivity index (χ0) is 9.19. The number of hydrogen-bond donors (Lipinski definition) is 1. The monoisotopic (exact) mass is 167 g/mol. The molecule has 66 valence electrons. The van der Waals surface area contributed by atoms with E-state index in [1.807, 2.05) is 12.2 Å². The number of allylic oxidation sites excluding steroid dienone is 2. The van der Waals surface area contributed by atoms with Crippen LogP contribution in [0, 0.1) is 0 Å². The van der Waals surface area contributed by atoms with Gasteiger partial charge in [0.05, 0.1) is 0 Å². The summed E-state index contributed by atoms with van der Waals surface area (Å²) in [5.74, 6) is -0.834. The van der Waals surface area contributed by atoms with Crippen LogP contribution in [0.2, 0.25) is 0 Å². The Morgan fingerprint density at radius 3 is 2.17 bits per heavy atom. The molecule has 0 aliphatic heterocycles. The Bertz CT molecular complexity index is 229. The molecule has 3 nitrogen and oxygen atoms in total. The lowest BCUT2D eigenvalue weighted by Crippen LogP contribution is -2.48. The fraction of sp³-hybridized carbons (Fsp3) is 0.444. The SMILES string of the molecule is CN(C)C1(C(=O)O)C=CCC=C1. The van der Waals surface area contributed by atoms with E-state index in [0.717, 1.165) is 6.42 Å². The standard InChI is InChI=1S/C9H13NO2/c1-10(2)9(8(11)12)6-4-3-5-7-9/h4-7H,3H2,1-2H3,(H,11,12). The Morgan fingerprint density at radius 2 is 1.92 bits per heavy atom. The molecule has 1 aliphatic rings. The minimum atomic E-state index is -0.932. The smallest absolute Gasteiger partial charge is 0.332 e. The largest absolute Gasteiger partial charge is 0.479 e. The van der Waals surface area contributed by atoms with Crippen LogP contribution in [0.3, 0.4) is 0 Å². The van der Waals surface area contributed by atoms with Gasteiger partial charge >= 0.3 is 5.97 Å². The van der Waals surface area contributed by atoms with Gasteiger partial charge in [0, 0.05) is 0 Å². The van der Waals surface area contributed by atoms with E-state index in [2.05, 4.69) is 0 Å². The molecule has 1 N–H and O–H groups in total. The number of carbonyl (C=O) groups is 1. The molecule has 3 heteroatoms. The van der Waals surface area contributed by atoms with E-state index in [0.29, 0.717) is 0 Å². The Balaban J connectivity index is 3.01. The zero-order valence-electron chi connectivity index (χ0n) is 7.32. The van der Waals surface area contributed by atoms with Crippen molar-refractivity contribution in [2.24, 2.45) is 0 Å². The van der Waals surface area contributed by atoms with Gasteiger partial charge in [-0.2, -0.15) is 0 Å². The zero-order valence-corrected chi connectivity index (χ0v) is 7.32. The van der Waals surface area contributed by atoms with Gasteiger partial charge in [-0.15, -0.1) is 0 Å². The first-order chi connectivity index (χ1) is 5.59. The Kier molecular flexibility index (Phi) is 2.33. The minimum absolute atomic E-state index is 0.822. The van der Waals surface area contributed by atoms with Crippen molar-refractivity contribution in [3.8, 4) is 0 Å². The highest BCUT2D eigenvalue weighted by Crippen LogP contribution is 2.20. The fourth-order valence-corrected chi connectivity index (χ4v) is 1.26. The topological polar surface area (TPSA) is 40.5 Å². The molecule has 0 aromatic carbocycles. The van der Waals surface area contributed by atoms with Crippen LogP contribution in [-0.2, 0) is 4.79 Å². The molecule has 0 heterocycles. The van der Waals surface area contributed by atoms with Gasteiger partial charge < -0.3 is 5.11 Å². The summed E-state index contributed by atoms with van der Waals surface area (Å²) >= 11 is 0. The maximum Gasteiger partial charge on any atom is 0.332 e. The van der Waals surface area contributed by atoms with Crippen LogP contribution in [0.25, 0.3) is 0 Å². The minimum Gasteiger partial charge on any atom is -0.479 e. The number of likely N-dealkylation sites (N-methyl/N-ethyl adjacent to an activating group) is 1. The lowest BCUT2D eigenvalue weighted by atomic mass is 9.93. The van der Waals surface area contributed by atoms with Crippen LogP contribution in [0.5, 0.6) is 0 Å². The molecule has 1 rings (SSSR count). The van der Waals surface area contributed by atoms with Crippen LogP contribution >= 0.6 is 0 Å². The van der Waals surface area contributed by atoms with Gasteiger partial charge in [0.2, 0.25) is 0 Å². The van der Waals surface area contributed by atoms with E-state index in [1.54, 1.807) is 31.1 Å². The van der Waals surface area contributed by atoms with Crippen LogP contribution < -0.4 is 0 Å². The van der Waals surface area contributed by atoms with Crippen molar-refractivity contribution < 1.29 is 9.90 Å². The maximum atomic E-state index is 11.0. The highest BCUT2D eigenvalue weighted by Gasteiger charge is 2.36. The molecule has 12 heavy (non-hydrogen) atoms. The van der Waals surface area contributed by atoms with Gasteiger partial charge in [0.15, 0.2) is 5.54 Å². The summed E-state index contributed by atoms with van der Waals surface area (Å²) in [5.41, 5.74) is -0.932. The van der Waals surface area contributed by atoms with Gasteiger partial charge in [-0.1, -0.05) is 24.3 Å². The van der Waals surface area contributed by atoms with Crippen LogP contribution in [-0.4, -0.2) is 35.6 Å². The summed E-state index contributed by atoms with van der Waals surface area (Å²) in [6, 6.07) is 0. The average molecular weight is 167 g/mol. The summed E-state index contributed by atoms with van der Waals surface area (Å²) in [7, 11) is 3.52. The molecule has 0 aromatic heterocycles. The predicted octanol–water partition coefficient (Wildman–Crippen LogP) is 0.887. The molecule has 0 saturated carbocycles. The number of carboxylic acids is 1. The third kappa shape index (κ3) is 1.28. The molecule has 0 bridgehead atoms. The van der Waals surface area contributed by atoms with Crippen molar-refractivity contribution in [2.45, 2.75) is 12.0 Å². The lowest BCUT2D eigenvalue weighted by molar-refractivity contribution is -0.144. The fourth-order valence-electron chi connectivity index (χ4n) is 1.26. The van der Waals surface area contributed by atoms with Gasteiger partial charge in [0.25, 0.3) is 0 Å². The van der Waals surface area contributed by atoms with Crippen molar-refractivity contribution in [3.63, 3.8) is 0 Å². The normalized spacial score (nSPS) is 19.9. The summed E-state index contributed by atoms with van der Waals surface area (Å²) in [4.78, 5) is 12.7. The number of aliphatic carboxylic acids is 1. The van der Waals surface area contributed by atoms with Crippen molar-refractivity contribution in [1.29, 1.82) is 0 Å². The third-order valence-corrected chi connectivity index (χ3v) is 2.10. The molecule has 0 unspecified atom stereocenters. The number of carboxylic acid groups (broad SMARTS) is 1. The molecule has 0 fully saturated rings. The highest BCUT2D eigenvalue weighted by molar-refractivity contribution is 5.84. The molecule has 0 aromatic rings. The second kappa shape index (κ2) is 3.11. The van der Waals surface area contributed by atoms with Gasteiger partial charge in [-0.25, -0.2) is 4.79 Å². The summed E-state index contributed by atoms with van der Waals surface area (Å²) in [6.07, 6.45) is 8.00. The quantitative estimate of drug-likeness (QED) is 0.621. The molecule has 0 atom stereocenters. The summed E-state index contributed by atoms with van der Waals surface area (Å²) in [5, 5.41) is 9.02.